The van der Waals surface area contributed by atoms with Crippen molar-refractivity contribution in [2.24, 2.45) is 5.92 Å². The Hall–Kier alpha value is -1.94. The van der Waals surface area contributed by atoms with Gasteiger partial charge in [-0.1, -0.05) is 12.1 Å². The highest BCUT2D eigenvalue weighted by molar-refractivity contribution is 6.06. The van der Waals surface area contributed by atoms with E-state index in [1.165, 1.54) is 0 Å². The molecule has 2 N–H and O–H groups in total. The zero-order valence-corrected chi connectivity index (χ0v) is 10.7. The number of hydrogen-bond donors (Lipinski definition) is 2. The molecule has 4 nitrogen and oxygen atoms in total. The van der Waals surface area contributed by atoms with E-state index in [2.05, 4.69) is 15.6 Å². The monoisotopic (exact) mass is 255 g/mol. The third-order valence-corrected chi connectivity index (χ3v) is 3.64. The van der Waals surface area contributed by atoms with Crippen molar-refractivity contribution in [2.75, 3.05) is 19.6 Å². The maximum absolute atomic E-state index is 12.3. The summed E-state index contributed by atoms with van der Waals surface area (Å²) in [7, 11) is 0. The molecule has 1 aromatic carbocycles. The van der Waals surface area contributed by atoms with Gasteiger partial charge < -0.3 is 10.6 Å². The fourth-order valence-electron chi connectivity index (χ4n) is 2.54. The van der Waals surface area contributed by atoms with E-state index in [1.54, 1.807) is 12.4 Å². The Morgan fingerprint density at radius 1 is 1.42 bits per heavy atom. The summed E-state index contributed by atoms with van der Waals surface area (Å²) in [5, 5.41) is 8.30. The Kier molecular flexibility index (Phi) is 3.42. The molecule has 0 saturated carbocycles. The molecule has 1 fully saturated rings. The number of carbonyl (C=O) groups is 1. The van der Waals surface area contributed by atoms with Crippen molar-refractivity contribution in [3.8, 4) is 0 Å². The Bertz CT molecular complexity index is 585. The first-order valence-electron chi connectivity index (χ1n) is 6.66. The normalized spacial score (nSPS) is 18.6. The lowest BCUT2D eigenvalue weighted by Gasteiger charge is -2.11. The number of hydrogen-bond acceptors (Lipinski definition) is 3. The summed E-state index contributed by atoms with van der Waals surface area (Å²) in [4.78, 5) is 16.3. The minimum atomic E-state index is 0.00343. The number of nitrogens with zero attached hydrogens (tertiary/aromatic N) is 1. The molecule has 1 aromatic heterocycles. The summed E-state index contributed by atoms with van der Waals surface area (Å²) in [5.74, 6) is 0.560. The Balaban J connectivity index is 1.77. The van der Waals surface area contributed by atoms with Crippen molar-refractivity contribution in [3.05, 3.63) is 42.2 Å². The summed E-state index contributed by atoms with van der Waals surface area (Å²) in [6.45, 7) is 2.80. The topological polar surface area (TPSA) is 54.0 Å². The Morgan fingerprint density at radius 2 is 2.37 bits per heavy atom. The number of aromatic nitrogens is 1. The molecular weight excluding hydrogens is 238 g/mol. The van der Waals surface area contributed by atoms with Crippen LogP contribution in [0.1, 0.15) is 16.8 Å². The molecular formula is C15H17N3O. The van der Waals surface area contributed by atoms with Crippen LogP contribution in [-0.4, -0.2) is 30.5 Å². The molecule has 0 radical (unpaired) electrons. The second-order valence-corrected chi connectivity index (χ2v) is 4.97. The molecule has 2 heterocycles. The number of fused-ring (bicyclic) bond motifs is 1. The molecule has 1 aliphatic heterocycles. The van der Waals surface area contributed by atoms with Crippen molar-refractivity contribution in [1.29, 1.82) is 0 Å². The van der Waals surface area contributed by atoms with Crippen LogP contribution >= 0.6 is 0 Å². The Morgan fingerprint density at radius 3 is 3.21 bits per heavy atom. The first-order chi connectivity index (χ1) is 9.34. The molecule has 19 heavy (non-hydrogen) atoms. The lowest BCUT2D eigenvalue weighted by atomic mass is 10.1. The van der Waals surface area contributed by atoms with Gasteiger partial charge in [-0.25, -0.2) is 0 Å². The van der Waals surface area contributed by atoms with Crippen molar-refractivity contribution in [3.63, 3.8) is 0 Å². The van der Waals surface area contributed by atoms with Gasteiger partial charge in [0.25, 0.3) is 5.91 Å². The van der Waals surface area contributed by atoms with Crippen molar-refractivity contribution in [1.82, 2.24) is 15.6 Å². The van der Waals surface area contributed by atoms with Crippen LogP contribution in [0.4, 0.5) is 0 Å². The first-order valence-corrected chi connectivity index (χ1v) is 6.66. The molecule has 1 amide bonds. The number of carbonyl (C=O) groups excluding carboxylic acids is 1. The largest absolute Gasteiger partial charge is 0.352 e. The number of pyridine rings is 1. The van der Waals surface area contributed by atoms with Crippen LogP contribution in [0.25, 0.3) is 10.8 Å². The highest BCUT2D eigenvalue weighted by Crippen LogP contribution is 2.17. The van der Waals surface area contributed by atoms with Crippen LogP contribution in [0.5, 0.6) is 0 Å². The zero-order valence-electron chi connectivity index (χ0n) is 10.7. The fourth-order valence-corrected chi connectivity index (χ4v) is 2.54. The van der Waals surface area contributed by atoms with Gasteiger partial charge in [0.05, 0.1) is 0 Å². The lowest BCUT2D eigenvalue weighted by molar-refractivity contribution is 0.0950. The molecule has 2 aromatic rings. The summed E-state index contributed by atoms with van der Waals surface area (Å²) >= 11 is 0. The van der Waals surface area contributed by atoms with E-state index in [4.69, 9.17) is 0 Å². The molecule has 0 unspecified atom stereocenters. The summed E-state index contributed by atoms with van der Waals surface area (Å²) in [6, 6.07) is 7.63. The van der Waals surface area contributed by atoms with Gasteiger partial charge in [-0.05, 0) is 42.9 Å². The van der Waals surface area contributed by atoms with Gasteiger partial charge in [0.1, 0.15) is 0 Å². The van der Waals surface area contributed by atoms with Gasteiger partial charge in [0.2, 0.25) is 0 Å². The van der Waals surface area contributed by atoms with Crippen molar-refractivity contribution in [2.45, 2.75) is 6.42 Å². The number of rotatable bonds is 3. The standard InChI is InChI=1S/C15H17N3O/c19-15(18-9-11-4-6-16-8-11)14-3-1-2-12-10-17-7-5-13(12)14/h1-3,5,7,10-11,16H,4,6,8-9H2,(H,18,19)/t11-/m1/s1. The van der Waals surface area contributed by atoms with Crippen LogP contribution in [0.2, 0.25) is 0 Å². The number of amides is 1. The summed E-state index contributed by atoms with van der Waals surface area (Å²) in [6.07, 6.45) is 4.65. The number of nitrogens with one attached hydrogen (secondary N) is 2. The fraction of sp³-hybridized carbons (Fsp3) is 0.333. The van der Waals surface area contributed by atoms with Crippen LogP contribution in [0.15, 0.2) is 36.7 Å². The third-order valence-electron chi connectivity index (χ3n) is 3.64. The predicted octanol–water partition coefficient (Wildman–Crippen LogP) is 1.57. The van der Waals surface area contributed by atoms with E-state index in [9.17, 15) is 4.79 Å². The molecule has 3 rings (SSSR count). The minimum absolute atomic E-state index is 0.00343. The van der Waals surface area contributed by atoms with Crippen LogP contribution in [0.3, 0.4) is 0 Å². The smallest absolute Gasteiger partial charge is 0.251 e. The molecule has 98 valence electrons. The quantitative estimate of drug-likeness (QED) is 0.875. The Labute approximate surface area is 112 Å². The van der Waals surface area contributed by atoms with E-state index in [-0.39, 0.29) is 5.91 Å². The predicted molar refractivity (Wildman–Crippen MR) is 75.1 cm³/mol. The molecule has 1 saturated heterocycles. The van der Waals surface area contributed by atoms with Gasteiger partial charge in [-0.3, -0.25) is 9.78 Å². The van der Waals surface area contributed by atoms with Crippen LogP contribution in [-0.2, 0) is 0 Å². The maximum atomic E-state index is 12.3. The SMILES string of the molecule is O=C(NC[C@@H]1CCNC1)c1cccc2cnccc12. The highest BCUT2D eigenvalue weighted by atomic mass is 16.1. The zero-order chi connectivity index (χ0) is 13.1. The first kappa shape index (κ1) is 12.1. The number of benzene rings is 1. The molecule has 1 aliphatic rings. The van der Waals surface area contributed by atoms with Gasteiger partial charge >= 0.3 is 0 Å². The van der Waals surface area contributed by atoms with Gasteiger partial charge in [0.15, 0.2) is 0 Å². The summed E-state index contributed by atoms with van der Waals surface area (Å²) < 4.78 is 0. The van der Waals surface area contributed by atoms with Gasteiger partial charge in [0, 0.05) is 29.9 Å². The van der Waals surface area contributed by atoms with Crippen molar-refractivity contribution >= 4 is 16.7 Å². The molecule has 4 heteroatoms. The third kappa shape index (κ3) is 2.58. The second-order valence-electron chi connectivity index (χ2n) is 4.97. The average Bonchev–Trinajstić information content (AvgIpc) is 2.97. The highest BCUT2D eigenvalue weighted by Gasteiger charge is 2.16. The van der Waals surface area contributed by atoms with Gasteiger partial charge in [-0.15, -0.1) is 0 Å². The molecule has 0 aliphatic carbocycles. The van der Waals surface area contributed by atoms with E-state index in [0.717, 1.165) is 42.4 Å². The van der Waals surface area contributed by atoms with E-state index < -0.39 is 0 Å². The second kappa shape index (κ2) is 5.36. The molecule has 1 atom stereocenters. The molecule has 0 spiro atoms. The van der Waals surface area contributed by atoms with Gasteiger partial charge in [-0.2, -0.15) is 0 Å². The lowest BCUT2D eigenvalue weighted by Crippen LogP contribution is -2.30. The van der Waals surface area contributed by atoms with E-state index >= 15 is 0 Å². The van der Waals surface area contributed by atoms with Crippen LogP contribution < -0.4 is 10.6 Å². The average molecular weight is 255 g/mol. The van der Waals surface area contributed by atoms with Crippen molar-refractivity contribution < 1.29 is 4.79 Å². The van der Waals surface area contributed by atoms with Crippen LogP contribution in [0, 0.1) is 5.92 Å². The minimum Gasteiger partial charge on any atom is -0.352 e. The summed E-state index contributed by atoms with van der Waals surface area (Å²) in [5.41, 5.74) is 0.728. The van der Waals surface area contributed by atoms with E-state index in [1.807, 2.05) is 24.3 Å². The maximum Gasteiger partial charge on any atom is 0.251 e. The van der Waals surface area contributed by atoms with E-state index in [0.29, 0.717) is 5.92 Å². The molecule has 0 bridgehead atoms.